The molecule has 106 valence electrons. The van der Waals surface area contributed by atoms with Gasteiger partial charge in [-0.15, -0.1) is 0 Å². The Labute approximate surface area is 113 Å². The van der Waals surface area contributed by atoms with Crippen molar-refractivity contribution >= 4 is 0 Å². The van der Waals surface area contributed by atoms with E-state index >= 15 is 0 Å². The lowest BCUT2D eigenvalue weighted by Crippen LogP contribution is -2.43. The van der Waals surface area contributed by atoms with E-state index in [1.165, 1.54) is 64.5 Å². The molecule has 0 radical (unpaired) electrons. The second-order valence-corrected chi connectivity index (χ2v) is 6.88. The number of hydrogen-bond donors (Lipinski definition) is 1. The highest BCUT2D eigenvalue weighted by Gasteiger charge is 2.28. The van der Waals surface area contributed by atoms with Crippen molar-refractivity contribution in [2.45, 2.75) is 64.3 Å². The summed E-state index contributed by atoms with van der Waals surface area (Å²) in [6.07, 6.45) is 11.2. The molecule has 0 amide bonds. The normalized spacial score (nSPS) is 34.3. The van der Waals surface area contributed by atoms with Crippen LogP contribution in [0.2, 0.25) is 0 Å². The Bertz CT molecular complexity index is 235. The van der Waals surface area contributed by atoms with Crippen LogP contribution in [0.25, 0.3) is 0 Å². The van der Waals surface area contributed by atoms with Crippen LogP contribution in [-0.2, 0) is 0 Å². The first kappa shape index (κ1) is 14.3. The number of rotatable bonds is 5. The van der Waals surface area contributed by atoms with Crippen LogP contribution in [0.15, 0.2) is 0 Å². The van der Waals surface area contributed by atoms with Gasteiger partial charge < -0.3 is 10.6 Å². The molecule has 2 rings (SSSR count). The fourth-order valence-electron chi connectivity index (χ4n) is 4.07. The van der Waals surface area contributed by atoms with E-state index in [0.717, 1.165) is 17.8 Å². The van der Waals surface area contributed by atoms with Gasteiger partial charge in [-0.2, -0.15) is 0 Å². The molecule has 0 aromatic rings. The molecule has 2 nitrogen and oxygen atoms in total. The Morgan fingerprint density at radius 3 is 2.39 bits per heavy atom. The minimum Gasteiger partial charge on any atom is -0.327 e. The zero-order valence-electron chi connectivity index (χ0n) is 12.4. The molecule has 2 saturated carbocycles. The average Bonchev–Trinajstić information content (AvgIpc) is 2.84. The van der Waals surface area contributed by atoms with Gasteiger partial charge in [-0.3, -0.25) is 0 Å². The second kappa shape index (κ2) is 6.91. The fraction of sp³-hybridized carbons (Fsp3) is 1.00. The first-order valence-corrected chi connectivity index (χ1v) is 8.13. The molecule has 0 saturated heterocycles. The van der Waals surface area contributed by atoms with Crippen molar-refractivity contribution in [3.05, 3.63) is 0 Å². The van der Waals surface area contributed by atoms with Crippen LogP contribution in [0.4, 0.5) is 0 Å². The van der Waals surface area contributed by atoms with Gasteiger partial charge in [0.1, 0.15) is 0 Å². The van der Waals surface area contributed by atoms with E-state index in [-0.39, 0.29) is 0 Å². The molecule has 0 aliphatic heterocycles. The van der Waals surface area contributed by atoms with Crippen LogP contribution in [-0.4, -0.2) is 31.1 Å². The SMILES string of the molecule is CCC1CCC(N)C(CN(C)CC2CCCC2)C1. The van der Waals surface area contributed by atoms with Crippen molar-refractivity contribution in [2.75, 3.05) is 20.1 Å². The molecule has 18 heavy (non-hydrogen) atoms. The number of hydrogen-bond acceptors (Lipinski definition) is 2. The Morgan fingerprint density at radius 2 is 1.72 bits per heavy atom. The Morgan fingerprint density at radius 1 is 1.00 bits per heavy atom. The van der Waals surface area contributed by atoms with Gasteiger partial charge in [0.2, 0.25) is 0 Å². The second-order valence-electron chi connectivity index (χ2n) is 6.88. The van der Waals surface area contributed by atoms with Crippen molar-refractivity contribution < 1.29 is 0 Å². The molecule has 2 N–H and O–H groups in total. The van der Waals surface area contributed by atoms with Gasteiger partial charge in [0.25, 0.3) is 0 Å². The maximum Gasteiger partial charge on any atom is 0.00795 e. The van der Waals surface area contributed by atoms with Crippen LogP contribution in [0.5, 0.6) is 0 Å². The largest absolute Gasteiger partial charge is 0.327 e. The third-order valence-electron chi connectivity index (χ3n) is 5.32. The molecule has 2 heteroatoms. The summed E-state index contributed by atoms with van der Waals surface area (Å²) in [4.78, 5) is 2.57. The molecule has 0 heterocycles. The van der Waals surface area contributed by atoms with Crippen LogP contribution in [0.3, 0.4) is 0 Å². The molecular weight excluding hydrogens is 220 g/mol. The number of nitrogens with two attached hydrogens (primary N) is 1. The van der Waals surface area contributed by atoms with Gasteiger partial charge in [-0.05, 0) is 56.9 Å². The van der Waals surface area contributed by atoms with Gasteiger partial charge in [-0.25, -0.2) is 0 Å². The lowest BCUT2D eigenvalue weighted by molar-refractivity contribution is 0.160. The highest BCUT2D eigenvalue weighted by Crippen LogP contribution is 2.31. The van der Waals surface area contributed by atoms with E-state index in [1.54, 1.807) is 0 Å². The topological polar surface area (TPSA) is 29.3 Å². The molecule has 3 unspecified atom stereocenters. The summed E-state index contributed by atoms with van der Waals surface area (Å²) in [5, 5.41) is 0. The average molecular weight is 252 g/mol. The zero-order chi connectivity index (χ0) is 13.0. The molecule has 2 aliphatic carbocycles. The summed E-state index contributed by atoms with van der Waals surface area (Å²) in [6, 6.07) is 0.457. The Kier molecular flexibility index (Phi) is 5.50. The quantitative estimate of drug-likeness (QED) is 0.814. The van der Waals surface area contributed by atoms with Crippen molar-refractivity contribution in [2.24, 2.45) is 23.5 Å². The molecule has 3 atom stereocenters. The van der Waals surface area contributed by atoms with E-state index in [2.05, 4.69) is 18.9 Å². The van der Waals surface area contributed by atoms with Crippen LogP contribution in [0, 0.1) is 17.8 Å². The van der Waals surface area contributed by atoms with E-state index in [4.69, 9.17) is 5.73 Å². The summed E-state index contributed by atoms with van der Waals surface area (Å²) < 4.78 is 0. The lowest BCUT2D eigenvalue weighted by Gasteiger charge is -2.36. The first-order valence-electron chi connectivity index (χ1n) is 8.13. The minimum atomic E-state index is 0.457. The third kappa shape index (κ3) is 3.96. The molecule has 0 aromatic carbocycles. The van der Waals surface area contributed by atoms with Crippen LogP contribution < -0.4 is 5.73 Å². The van der Waals surface area contributed by atoms with Crippen LogP contribution in [0.1, 0.15) is 58.3 Å². The van der Waals surface area contributed by atoms with E-state index in [9.17, 15) is 0 Å². The summed E-state index contributed by atoms with van der Waals surface area (Å²) >= 11 is 0. The molecule has 0 bridgehead atoms. The molecule has 2 aliphatic rings. The van der Waals surface area contributed by atoms with Gasteiger partial charge >= 0.3 is 0 Å². The number of nitrogens with zero attached hydrogens (tertiary/aromatic N) is 1. The summed E-state index contributed by atoms with van der Waals surface area (Å²) in [5.41, 5.74) is 6.33. The first-order chi connectivity index (χ1) is 8.69. The lowest BCUT2D eigenvalue weighted by atomic mass is 9.77. The monoisotopic (exact) mass is 252 g/mol. The van der Waals surface area contributed by atoms with Crippen molar-refractivity contribution in [3.8, 4) is 0 Å². The highest BCUT2D eigenvalue weighted by molar-refractivity contribution is 4.84. The standard InChI is InChI=1S/C16H32N2/c1-3-13-8-9-16(17)15(10-13)12-18(2)11-14-6-4-5-7-14/h13-16H,3-12,17H2,1-2H3. The summed E-state index contributed by atoms with van der Waals surface area (Å²) in [5.74, 6) is 2.65. The molecule has 0 aromatic heterocycles. The predicted octanol–water partition coefficient (Wildman–Crippen LogP) is 3.26. The van der Waals surface area contributed by atoms with E-state index < -0.39 is 0 Å². The maximum atomic E-state index is 6.33. The summed E-state index contributed by atoms with van der Waals surface area (Å²) in [6.45, 7) is 4.87. The maximum absolute atomic E-state index is 6.33. The fourth-order valence-corrected chi connectivity index (χ4v) is 4.07. The predicted molar refractivity (Wildman–Crippen MR) is 78.6 cm³/mol. The van der Waals surface area contributed by atoms with E-state index in [1.807, 2.05) is 0 Å². The molecule has 2 fully saturated rings. The van der Waals surface area contributed by atoms with Crippen LogP contribution >= 0.6 is 0 Å². The molecule has 0 spiro atoms. The smallest absolute Gasteiger partial charge is 0.00795 e. The van der Waals surface area contributed by atoms with Gasteiger partial charge in [0.15, 0.2) is 0 Å². The summed E-state index contributed by atoms with van der Waals surface area (Å²) in [7, 11) is 2.31. The highest BCUT2D eigenvalue weighted by atomic mass is 15.1. The Balaban J connectivity index is 1.75. The van der Waals surface area contributed by atoms with Crippen molar-refractivity contribution in [1.82, 2.24) is 4.90 Å². The Hall–Kier alpha value is -0.0800. The van der Waals surface area contributed by atoms with E-state index in [0.29, 0.717) is 6.04 Å². The molecular formula is C16H32N2. The van der Waals surface area contributed by atoms with Gasteiger partial charge in [0.05, 0.1) is 0 Å². The van der Waals surface area contributed by atoms with Gasteiger partial charge in [0, 0.05) is 19.1 Å². The van der Waals surface area contributed by atoms with Crippen molar-refractivity contribution in [3.63, 3.8) is 0 Å². The van der Waals surface area contributed by atoms with Crippen molar-refractivity contribution in [1.29, 1.82) is 0 Å². The minimum absolute atomic E-state index is 0.457. The third-order valence-corrected chi connectivity index (χ3v) is 5.32. The van der Waals surface area contributed by atoms with Gasteiger partial charge in [-0.1, -0.05) is 26.2 Å². The zero-order valence-corrected chi connectivity index (χ0v) is 12.4.